The monoisotopic (exact) mass is 245 g/mol. The fraction of sp³-hybridized carbons (Fsp3) is 0.455. The van der Waals surface area contributed by atoms with Gasteiger partial charge < -0.3 is 25.7 Å². The van der Waals surface area contributed by atoms with Crippen LogP contribution in [0.25, 0.3) is 0 Å². The summed E-state index contributed by atoms with van der Waals surface area (Å²) in [4.78, 5) is 0. The average molecular weight is 245 g/mol. The first-order valence-corrected chi connectivity index (χ1v) is 5.12. The van der Waals surface area contributed by atoms with E-state index in [1.54, 1.807) is 0 Å². The summed E-state index contributed by atoms with van der Waals surface area (Å²) in [5.41, 5.74) is -0.672. The largest absolute Gasteiger partial charge is 0.505 e. The number of benzene rings is 1. The predicted molar refractivity (Wildman–Crippen MR) is 58.9 cm³/mol. The number of phenols is 1. The third-order valence-corrected chi connectivity index (χ3v) is 2.59. The third kappa shape index (κ3) is 3.37. The van der Waals surface area contributed by atoms with E-state index in [-0.39, 0.29) is 6.54 Å². The molecule has 6 heteroatoms. The summed E-state index contributed by atoms with van der Waals surface area (Å²) in [7, 11) is 0. The Labute approximate surface area is 98.1 Å². The van der Waals surface area contributed by atoms with Gasteiger partial charge in [-0.15, -0.1) is 0 Å². The zero-order valence-electron chi connectivity index (χ0n) is 9.23. The van der Waals surface area contributed by atoms with Gasteiger partial charge in [0.2, 0.25) is 0 Å². The summed E-state index contributed by atoms with van der Waals surface area (Å²) in [5, 5.41) is 38.9. The second-order valence-electron chi connectivity index (χ2n) is 3.89. The Morgan fingerprint density at radius 2 is 1.71 bits per heavy atom. The highest BCUT2D eigenvalue weighted by atomic mass is 19.1. The number of hydrogen-bond acceptors (Lipinski definition) is 5. The number of aliphatic hydroxyl groups excluding tert-OH is 3. The van der Waals surface area contributed by atoms with Gasteiger partial charge in [0.05, 0.1) is 25.4 Å². The van der Waals surface area contributed by atoms with Gasteiger partial charge in [-0.1, -0.05) is 6.07 Å². The van der Waals surface area contributed by atoms with Gasteiger partial charge in [-0.25, -0.2) is 4.39 Å². The van der Waals surface area contributed by atoms with Crippen molar-refractivity contribution in [3.05, 3.63) is 29.6 Å². The molecule has 0 saturated carbocycles. The quantitative estimate of drug-likeness (QED) is 0.458. The molecule has 0 amide bonds. The first-order chi connectivity index (χ1) is 8.06. The molecule has 0 fully saturated rings. The van der Waals surface area contributed by atoms with Gasteiger partial charge in [-0.3, -0.25) is 0 Å². The predicted octanol–water partition coefficient (Wildman–Crippen LogP) is -0.663. The molecule has 0 aliphatic carbocycles. The number of hydrogen-bond donors (Lipinski definition) is 5. The number of rotatable bonds is 6. The summed E-state index contributed by atoms with van der Waals surface area (Å²) in [6.07, 6.45) is 0. The maximum Gasteiger partial charge on any atom is 0.165 e. The van der Waals surface area contributed by atoms with Gasteiger partial charge in [0.25, 0.3) is 0 Å². The number of aromatic hydroxyl groups is 1. The van der Waals surface area contributed by atoms with Crippen molar-refractivity contribution in [2.24, 2.45) is 0 Å². The third-order valence-electron chi connectivity index (χ3n) is 2.59. The fourth-order valence-electron chi connectivity index (χ4n) is 1.27. The maximum atomic E-state index is 13.0. The van der Waals surface area contributed by atoms with Crippen molar-refractivity contribution in [2.45, 2.75) is 12.1 Å². The van der Waals surface area contributed by atoms with E-state index in [0.29, 0.717) is 5.56 Å². The molecule has 0 saturated heterocycles. The van der Waals surface area contributed by atoms with Gasteiger partial charge in [-0.2, -0.15) is 0 Å². The zero-order valence-corrected chi connectivity index (χ0v) is 9.23. The van der Waals surface area contributed by atoms with E-state index in [4.69, 9.17) is 20.4 Å². The number of nitrogens with one attached hydrogen (secondary N) is 1. The highest BCUT2D eigenvalue weighted by Gasteiger charge is 2.27. The van der Waals surface area contributed by atoms with E-state index in [1.165, 1.54) is 12.1 Å². The second kappa shape index (κ2) is 5.92. The van der Waals surface area contributed by atoms with Crippen molar-refractivity contribution >= 4 is 0 Å². The van der Waals surface area contributed by atoms with E-state index in [1.807, 2.05) is 0 Å². The molecule has 1 rings (SSSR count). The molecule has 0 atom stereocenters. The zero-order chi connectivity index (χ0) is 12.9. The topological polar surface area (TPSA) is 93.0 Å². The summed E-state index contributed by atoms with van der Waals surface area (Å²) >= 11 is 0. The fourth-order valence-corrected chi connectivity index (χ4v) is 1.27. The molecule has 0 unspecified atom stereocenters. The highest BCUT2D eigenvalue weighted by molar-refractivity contribution is 5.28. The van der Waals surface area contributed by atoms with Crippen LogP contribution in [0.3, 0.4) is 0 Å². The maximum absolute atomic E-state index is 13.0. The molecular weight excluding hydrogens is 229 g/mol. The summed E-state index contributed by atoms with van der Waals surface area (Å²) in [6, 6.07) is 3.85. The molecule has 5 nitrogen and oxygen atoms in total. The lowest BCUT2D eigenvalue weighted by Gasteiger charge is -2.28. The summed E-state index contributed by atoms with van der Waals surface area (Å²) in [6.45, 7) is -1.18. The van der Waals surface area contributed by atoms with E-state index >= 15 is 0 Å². The molecule has 0 aliphatic rings. The van der Waals surface area contributed by atoms with Crippen LogP contribution in [0.1, 0.15) is 5.56 Å². The van der Waals surface area contributed by atoms with Crippen LogP contribution in [0, 0.1) is 5.82 Å². The molecule has 0 aromatic heterocycles. The van der Waals surface area contributed by atoms with Crippen molar-refractivity contribution in [2.75, 3.05) is 19.8 Å². The van der Waals surface area contributed by atoms with Crippen LogP contribution in [0.15, 0.2) is 18.2 Å². The van der Waals surface area contributed by atoms with Crippen LogP contribution < -0.4 is 5.32 Å². The SMILES string of the molecule is OCC(CO)(CO)NCc1ccc(O)c(F)c1. The molecule has 1 aromatic rings. The normalized spacial score (nSPS) is 11.8. The molecule has 17 heavy (non-hydrogen) atoms. The summed E-state index contributed by atoms with van der Waals surface area (Å²) in [5.74, 6) is -1.18. The van der Waals surface area contributed by atoms with E-state index < -0.39 is 36.9 Å². The summed E-state index contributed by atoms with van der Waals surface area (Å²) < 4.78 is 13.0. The molecule has 0 heterocycles. The van der Waals surface area contributed by atoms with Gasteiger partial charge in [0.15, 0.2) is 11.6 Å². The van der Waals surface area contributed by atoms with E-state index in [2.05, 4.69) is 5.32 Å². The first-order valence-electron chi connectivity index (χ1n) is 5.12. The number of halogens is 1. The van der Waals surface area contributed by atoms with Crippen LogP contribution in [0.2, 0.25) is 0 Å². The van der Waals surface area contributed by atoms with Crippen molar-refractivity contribution in [1.29, 1.82) is 0 Å². The lowest BCUT2D eigenvalue weighted by Crippen LogP contribution is -2.54. The number of aliphatic hydroxyl groups is 3. The van der Waals surface area contributed by atoms with E-state index in [0.717, 1.165) is 6.07 Å². The molecular formula is C11H16FNO4. The standard InChI is InChI=1S/C11H16FNO4/c12-9-3-8(1-2-10(9)17)4-13-11(5-14,6-15)7-16/h1-3,13-17H,4-7H2. The second-order valence-corrected chi connectivity index (χ2v) is 3.89. The first kappa shape index (κ1) is 13.9. The lowest BCUT2D eigenvalue weighted by atomic mass is 10.0. The van der Waals surface area contributed by atoms with Crippen molar-refractivity contribution < 1.29 is 24.8 Å². The van der Waals surface area contributed by atoms with Crippen LogP contribution in [-0.2, 0) is 6.54 Å². The minimum Gasteiger partial charge on any atom is -0.505 e. The molecule has 0 radical (unpaired) electrons. The Balaban J connectivity index is 2.68. The van der Waals surface area contributed by atoms with Crippen molar-refractivity contribution in [3.63, 3.8) is 0 Å². The van der Waals surface area contributed by atoms with Gasteiger partial charge in [0.1, 0.15) is 0 Å². The Morgan fingerprint density at radius 3 is 2.18 bits per heavy atom. The molecule has 5 N–H and O–H groups in total. The highest BCUT2D eigenvalue weighted by Crippen LogP contribution is 2.16. The molecule has 0 aliphatic heterocycles. The minimum absolute atomic E-state index is 0.152. The smallest absolute Gasteiger partial charge is 0.165 e. The van der Waals surface area contributed by atoms with Crippen LogP contribution in [0.4, 0.5) is 4.39 Å². The Morgan fingerprint density at radius 1 is 1.12 bits per heavy atom. The Kier molecular flexibility index (Phi) is 4.83. The van der Waals surface area contributed by atoms with Crippen LogP contribution >= 0.6 is 0 Å². The molecule has 0 spiro atoms. The van der Waals surface area contributed by atoms with Crippen molar-refractivity contribution in [1.82, 2.24) is 5.32 Å². The average Bonchev–Trinajstić information content (AvgIpc) is 2.36. The molecule has 1 aromatic carbocycles. The van der Waals surface area contributed by atoms with E-state index in [9.17, 15) is 4.39 Å². The minimum atomic E-state index is -1.20. The van der Waals surface area contributed by atoms with Crippen LogP contribution in [0.5, 0.6) is 5.75 Å². The molecule has 96 valence electrons. The van der Waals surface area contributed by atoms with Crippen molar-refractivity contribution in [3.8, 4) is 5.75 Å². The Bertz CT molecular complexity index is 360. The van der Waals surface area contributed by atoms with Crippen LogP contribution in [-0.4, -0.2) is 45.8 Å². The Hall–Kier alpha value is -1.21. The lowest BCUT2D eigenvalue weighted by molar-refractivity contribution is 0.0413. The van der Waals surface area contributed by atoms with Gasteiger partial charge >= 0.3 is 0 Å². The van der Waals surface area contributed by atoms with Gasteiger partial charge in [0, 0.05) is 6.54 Å². The van der Waals surface area contributed by atoms with Gasteiger partial charge in [-0.05, 0) is 17.7 Å². The number of phenolic OH excluding ortho intramolecular Hbond substituents is 1. The molecule has 0 bridgehead atoms.